The minimum Gasteiger partial charge on any atom is -0.595 e. The molecule has 1 saturated carbocycles. The molecular formula is C12H16N2O4. The molecule has 0 aromatic heterocycles. The fourth-order valence-electron chi connectivity index (χ4n) is 1.93. The normalized spacial score (nSPS) is 24.2. The van der Waals surface area contributed by atoms with Crippen molar-refractivity contribution in [3.63, 3.8) is 0 Å². The summed E-state index contributed by atoms with van der Waals surface area (Å²) < 4.78 is 5.26. The van der Waals surface area contributed by atoms with E-state index in [1.54, 1.807) is 0 Å². The predicted molar refractivity (Wildman–Crippen MR) is 63.2 cm³/mol. The Hall–Kier alpha value is -1.47. The van der Waals surface area contributed by atoms with Gasteiger partial charge in [-0.2, -0.15) is 5.23 Å². The zero-order valence-corrected chi connectivity index (χ0v) is 9.83. The van der Waals surface area contributed by atoms with Crippen molar-refractivity contribution in [1.29, 1.82) is 0 Å². The molecule has 0 aliphatic heterocycles. The standard InChI is InChI=1S/C12H16N2O4/c13-7-8-5-11(6-8)18-12(15)9-1-3-10(4-2-9)14(16)17/h1-4,8,11,14,16H,5-7,13H2. The van der Waals surface area contributed by atoms with E-state index in [1.165, 1.54) is 24.3 Å². The molecular weight excluding hydrogens is 236 g/mol. The smallest absolute Gasteiger partial charge is 0.338 e. The van der Waals surface area contributed by atoms with Gasteiger partial charge in [0.25, 0.3) is 0 Å². The van der Waals surface area contributed by atoms with Crippen molar-refractivity contribution in [2.24, 2.45) is 11.7 Å². The minimum absolute atomic E-state index is 0.0507. The number of hydrogen-bond donors (Lipinski definition) is 3. The number of nitrogens with two attached hydrogens (primary N) is 1. The monoisotopic (exact) mass is 252 g/mol. The summed E-state index contributed by atoms with van der Waals surface area (Å²) in [4.78, 5) is 11.7. The number of benzene rings is 1. The molecule has 2 rings (SSSR count). The Balaban J connectivity index is 1.89. The second-order valence-corrected chi connectivity index (χ2v) is 4.48. The Morgan fingerprint density at radius 1 is 1.44 bits per heavy atom. The molecule has 1 aliphatic carbocycles. The highest BCUT2D eigenvalue weighted by atomic mass is 16.8. The Kier molecular flexibility index (Phi) is 3.93. The van der Waals surface area contributed by atoms with Gasteiger partial charge in [-0.25, -0.2) is 10.0 Å². The number of ether oxygens (including phenoxy) is 1. The zero-order valence-electron chi connectivity index (χ0n) is 9.83. The summed E-state index contributed by atoms with van der Waals surface area (Å²) in [6, 6.07) is 5.71. The first-order valence-corrected chi connectivity index (χ1v) is 5.84. The molecule has 0 spiro atoms. The lowest BCUT2D eigenvalue weighted by molar-refractivity contribution is -0.991. The summed E-state index contributed by atoms with van der Waals surface area (Å²) >= 11 is 0. The average molecular weight is 252 g/mol. The van der Waals surface area contributed by atoms with Crippen LogP contribution < -0.4 is 11.0 Å². The van der Waals surface area contributed by atoms with E-state index in [1.807, 2.05) is 0 Å². The minimum atomic E-state index is -1.01. The molecule has 18 heavy (non-hydrogen) atoms. The lowest BCUT2D eigenvalue weighted by Gasteiger charge is -2.33. The highest BCUT2D eigenvalue weighted by Crippen LogP contribution is 2.29. The maximum Gasteiger partial charge on any atom is 0.338 e. The van der Waals surface area contributed by atoms with Crippen LogP contribution in [0.15, 0.2) is 24.3 Å². The molecule has 6 nitrogen and oxygen atoms in total. The van der Waals surface area contributed by atoms with Crippen molar-refractivity contribution in [2.75, 3.05) is 6.54 Å². The molecule has 98 valence electrons. The van der Waals surface area contributed by atoms with E-state index in [0.717, 1.165) is 12.8 Å². The van der Waals surface area contributed by atoms with Gasteiger partial charge in [0.05, 0.1) is 5.56 Å². The van der Waals surface area contributed by atoms with E-state index in [-0.39, 0.29) is 11.8 Å². The zero-order chi connectivity index (χ0) is 13.1. The molecule has 1 aromatic rings. The van der Waals surface area contributed by atoms with Crippen molar-refractivity contribution < 1.29 is 20.0 Å². The van der Waals surface area contributed by atoms with Crippen molar-refractivity contribution in [2.45, 2.75) is 18.9 Å². The molecule has 0 saturated heterocycles. The van der Waals surface area contributed by atoms with Gasteiger partial charge in [0.1, 0.15) is 6.10 Å². The fourth-order valence-corrected chi connectivity index (χ4v) is 1.93. The van der Waals surface area contributed by atoms with Crippen molar-refractivity contribution in [1.82, 2.24) is 0 Å². The van der Waals surface area contributed by atoms with Gasteiger partial charge in [-0.3, -0.25) is 0 Å². The van der Waals surface area contributed by atoms with E-state index in [9.17, 15) is 10.0 Å². The van der Waals surface area contributed by atoms with E-state index in [0.29, 0.717) is 18.0 Å². The van der Waals surface area contributed by atoms with Crippen molar-refractivity contribution in [3.8, 4) is 0 Å². The largest absolute Gasteiger partial charge is 0.595 e. The molecule has 1 fully saturated rings. The average Bonchev–Trinajstić information content (AvgIpc) is 2.33. The van der Waals surface area contributed by atoms with Crippen LogP contribution >= 0.6 is 0 Å². The van der Waals surface area contributed by atoms with Crippen LogP contribution in [0, 0.1) is 11.1 Å². The fraction of sp³-hybridized carbons (Fsp3) is 0.417. The number of rotatable bonds is 4. The van der Waals surface area contributed by atoms with Crippen LogP contribution in [-0.4, -0.2) is 23.8 Å². The molecule has 6 heteroatoms. The number of quaternary nitrogens is 1. The summed E-state index contributed by atoms with van der Waals surface area (Å²) in [5, 5.41) is 18.4. The molecule has 1 aromatic carbocycles. The number of hydrogen-bond acceptors (Lipinski definition) is 5. The maximum absolute atomic E-state index is 11.7. The van der Waals surface area contributed by atoms with Crippen LogP contribution in [0.2, 0.25) is 0 Å². The second kappa shape index (κ2) is 5.45. The molecule has 0 amide bonds. The van der Waals surface area contributed by atoms with Crippen LogP contribution in [0.1, 0.15) is 23.2 Å². The Morgan fingerprint density at radius 2 is 2.06 bits per heavy atom. The first-order valence-electron chi connectivity index (χ1n) is 5.84. The maximum atomic E-state index is 11.7. The van der Waals surface area contributed by atoms with Gasteiger partial charge >= 0.3 is 5.97 Å². The van der Waals surface area contributed by atoms with Gasteiger partial charge in [-0.15, -0.1) is 0 Å². The lowest BCUT2D eigenvalue weighted by Crippen LogP contribution is -2.99. The topological polar surface area (TPSA) is 100 Å². The third kappa shape index (κ3) is 2.85. The molecule has 1 unspecified atom stereocenters. The first-order chi connectivity index (χ1) is 8.60. The second-order valence-electron chi connectivity index (χ2n) is 4.48. The van der Waals surface area contributed by atoms with E-state index in [4.69, 9.17) is 15.7 Å². The molecule has 0 heterocycles. The van der Waals surface area contributed by atoms with E-state index in [2.05, 4.69) is 0 Å². The molecule has 0 bridgehead atoms. The van der Waals surface area contributed by atoms with Gasteiger partial charge in [-0.05, 0) is 37.4 Å². The Morgan fingerprint density at radius 3 is 2.56 bits per heavy atom. The van der Waals surface area contributed by atoms with E-state index < -0.39 is 11.2 Å². The third-order valence-electron chi connectivity index (χ3n) is 3.17. The SMILES string of the molecule is NCC1CC(OC(=O)c2ccc([NH+]([O-])O)cc2)C1. The van der Waals surface area contributed by atoms with Crippen LogP contribution in [0.5, 0.6) is 0 Å². The van der Waals surface area contributed by atoms with Gasteiger partial charge in [0, 0.05) is 12.1 Å². The van der Waals surface area contributed by atoms with Gasteiger partial charge in [0.2, 0.25) is 0 Å². The summed E-state index contributed by atoms with van der Waals surface area (Å²) in [6.45, 7) is 0.626. The van der Waals surface area contributed by atoms with Crippen LogP contribution in [-0.2, 0) is 4.74 Å². The number of esters is 1. The van der Waals surface area contributed by atoms with Crippen LogP contribution in [0.25, 0.3) is 0 Å². The van der Waals surface area contributed by atoms with Crippen LogP contribution in [0.3, 0.4) is 0 Å². The van der Waals surface area contributed by atoms with Crippen molar-refractivity contribution >= 4 is 11.7 Å². The Labute approximate surface area is 104 Å². The number of carbonyl (C=O) groups excluding carboxylic acids is 1. The summed E-state index contributed by atoms with van der Waals surface area (Å²) in [6.07, 6.45) is 1.58. The van der Waals surface area contributed by atoms with E-state index >= 15 is 0 Å². The number of carbonyl (C=O) groups is 1. The van der Waals surface area contributed by atoms with Gasteiger partial charge in [-0.1, -0.05) is 0 Å². The predicted octanol–water partition coefficient (Wildman–Crippen LogP) is -0.0159. The molecule has 0 radical (unpaired) electrons. The molecule has 4 N–H and O–H groups in total. The number of nitrogens with one attached hydrogen (secondary N) is 1. The van der Waals surface area contributed by atoms with Crippen LogP contribution in [0.4, 0.5) is 5.69 Å². The highest BCUT2D eigenvalue weighted by Gasteiger charge is 2.31. The van der Waals surface area contributed by atoms with Gasteiger partial charge in [0.15, 0.2) is 5.69 Å². The lowest BCUT2D eigenvalue weighted by atomic mass is 9.82. The quantitative estimate of drug-likeness (QED) is 0.516. The summed E-state index contributed by atoms with van der Waals surface area (Å²) in [5.74, 6) is 0.0459. The van der Waals surface area contributed by atoms with Gasteiger partial charge < -0.3 is 15.7 Å². The highest BCUT2D eigenvalue weighted by molar-refractivity contribution is 5.89. The summed E-state index contributed by atoms with van der Waals surface area (Å²) in [5.41, 5.74) is 6.01. The van der Waals surface area contributed by atoms with Crippen molar-refractivity contribution in [3.05, 3.63) is 35.0 Å². The Bertz CT molecular complexity index is 413. The molecule has 1 aliphatic rings. The molecule has 1 atom stereocenters. The third-order valence-corrected chi connectivity index (χ3v) is 3.17. The summed E-state index contributed by atoms with van der Waals surface area (Å²) in [7, 11) is 0. The first kappa shape index (κ1) is 13.0.